The zero-order valence-electron chi connectivity index (χ0n) is 16.8. The molecule has 1 atom stereocenters. The van der Waals surface area contributed by atoms with Gasteiger partial charge < -0.3 is 19.7 Å². The number of aliphatic hydroxyl groups excluding tert-OH is 1. The van der Waals surface area contributed by atoms with Crippen LogP contribution in [0, 0.1) is 6.92 Å². The Morgan fingerprint density at radius 2 is 2.00 bits per heavy atom. The lowest BCUT2D eigenvalue weighted by Gasteiger charge is -2.20. The quantitative estimate of drug-likeness (QED) is 0.457. The molecular formula is C21H18F4N4O3. The molecular weight excluding hydrogens is 432 g/mol. The zero-order chi connectivity index (χ0) is 22.8. The minimum atomic E-state index is -3.17. The van der Waals surface area contributed by atoms with E-state index in [1.165, 1.54) is 24.4 Å². The highest BCUT2D eigenvalue weighted by atomic mass is 19.3. The van der Waals surface area contributed by atoms with E-state index >= 15 is 0 Å². The summed E-state index contributed by atoms with van der Waals surface area (Å²) in [5.74, 6) is -2.96. The van der Waals surface area contributed by atoms with E-state index < -0.39 is 36.3 Å². The van der Waals surface area contributed by atoms with E-state index in [0.717, 1.165) is 10.6 Å². The van der Waals surface area contributed by atoms with Gasteiger partial charge in [0.15, 0.2) is 12.8 Å². The number of hydrogen-bond acceptors (Lipinski definition) is 6. The van der Waals surface area contributed by atoms with E-state index in [-0.39, 0.29) is 52.3 Å². The Morgan fingerprint density at radius 3 is 2.69 bits per heavy atom. The summed E-state index contributed by atoms with van der Waals surface area (Å²) in [6.07, 6.45) is -2.64. The van der Waals surface area contributed by atoms with Crippen molar-refractivity contribution in [1.82, 2.24) is 14.5 Å². The van der Waals surface area contributed by atoms with Crippen LogP contribution in [0.3, 0.4) is 0 Å². The normalized spacial score (nSPS) is 19.0. The number of benzene rings is 1. The Bertz CT molecular complexity index is 1290. The van der Waals surface area contributed by atoms with Crippen molar-refractivity contribution in [3.63, 3.8) is 0 Å². The topological polar surface area (TPSA) is 89.3 Å². The molecule has 1 saturated carbocycles. The fourth-order valence-electron chi connectivity index (χ4n) is 4.04. The van der Waals surface area contributed by atoms with Crippen molar-refractivity contribution < 1.29 is 27.4 Å². The SMILES string of the molecule is Cc1nc(NC(O)c2cccc3c2OCC3(F)F)c2cn(C3(C(F)F)CC3)c(=O)cc2n1. The average molecular weight is 450 g/mol. The van der Waals surface area contributed by atoms with Gasteiger partial charge in [-0.2, -0.15) is 8.78 Å². The summed E-state index contributed by atoms with van der Waals surface area (Å²) >= 11 is 0. The molecule has 1 aliphatic carbocycles. The van der Waals surface area contributed by atoms with Crippen molar-refractivity contribution in [3.8, 4) is 5.75 Å². The van der Waals surface area contributed by atoms with E-state index in [2.05, 4.69) is 15.3 Å². The lowest BCUT2D eigenvalue weighted by Crippen LogP contribution is -2.35. The fourth-order valence-corrected chi connectivity index (χ4v) is 4.04. The third-order valence-corrected chi connectivity index (χ3v) is 5.90. The van der Waals surface area contributed by atoms with Gasteiger partial charge in [0.1, 0.15) is 22.9 Å². The second-order valence-electron chi connectivity index (χ2n) is 8.07. The highest BCUT2D eigenvalue weighted by Crippen LogP contribution is 2.48. The van der Waals surface area contributed by atoms with Gasteiger partial charge in [0.05, 0.1) is 16.5 Å². The van der Waals surface area contributed by atoms with Gasteiger partial charge in [-0.15, -0.1) is 0 Å². The molecule has 2 aliphatic rings. The summed E-state index contributed by atoms with van der Waals surface area (Å²) in [6.45, 7) is 0.734. The average Bonchev–Trinajstić information content (AvgIpc) is 3.47. The number of para-hydroxylation sites is 1. The third kappa shape index (κ3) is 3.10. The first-order chi connectivity index (χ1) is 15.1. The highest BCUT2D eigenvalue weighted by molar-refractivity contribution is 5.88. The molecule has 0 radical (unpaired) electrons. The zero-order valence-corrected chi connectivity index (χ0v) is 16.8. The summed E-state index contributed by atoms with van der Waals surface area (Å²) in [6, 6.07) is 5.18. The standard InChI is InChI=1S/C21H18F4N4O3/c1-10-26-14-7-15(30)29(20(5-6-20)19(22)23)8-12(14)17(27-10)28-18(31)11-3-2-4-13-16(11)32-9-21(13,24)25/h2-4,7-8,18-19,31H,5-6,9H2,1H3,(H,26,27,28). The monoisotopic (exact) mass is 450 g/mol. The number of alkyl halides is 4. The van der Waals surface area contributed by atoms with E-state index in [1.807, 2.05) is 0 Å². The molecule has 0 saturated heterocycles. The molecule has 1 unspecified atom stereocenters. The highest BCUT2D eigenvalue weighted by Gasteiger charge is 2.53. The first-order valence-electron chi connectivity index (χ1n) is 9.91. The Labute approximate surface area is 178 Å². The summed E-state index contributed by atoms with van der Waals surface area (Å²) < 4.78 is 61.3. The molecule has 0 bridgehead atoms. The predicted molar refractivity (Wildman–Crippen MR) is 106 cm³/mol. The molecule has 1 aliphatic heterocycles. The van der Waals surface area contributed by atoms with Gasteiger partial charge in [-0.1, -0.05) is 12.1 Å². The van der Waals surface area contributed by atoms with Gasteiger partial charge in [0.25, 0.3) is 12.0 Å². The Balaban J connectivity index is 1.58. The molecule has 3 aromatic rings. The molecule has 3 heterocycles. The number of aromatic nitrogens is 3. The van der Waals surface area contributed by atoms with Crippen molar-refractivity contribution in [3.05, 3.63) is 57.8 Å². The van der Waals surface area contributed by atoms with Gasteiger partial charge in [0.2, 0.25) is 0 Å². The summed E-state index contributed by atoms with van der Waals surface area (Å²) in [5, 5.41) is 13.7. The number of halogens is 4. The predicted octanol–water partition coefficient (Wildman–Crippen LogP) is 3.44. The fraction of sp³-hybridized carbons (Fsp3) is 0.381. The van der Waals surface area contributed by atoms with Gasteiger partial charge in [-0.05, 0) is 25.8 Å². The van der Waals surface area contributed by atoms with Crippen molar-refractivity contribution in [2.24, 2.45) is 0 Å². The largest absolute Gasteiger partial charge is 0.486 e. The van der Waals surface area contributed by atoms with Crippen LogP contribution < -0.4 is 15.6 Å². The number of anilines is 1. The molecule has 1 aromatic carbocycles. The third-order valence-electron chi connectivity index (χ3n) is 5.90. The number of pyridine rings is 1. The molecule has 5 rings (SSSR count). The minimum Gasteiger partial charge on any atom is -0.486 e. The molecule has 11 heteroatoms. The van der Waals surface area contributed by atoms with Crippen LogP contribution in [0.25, 0.3) is 10.9 Å². The molecule has 2 aromatic heterocycles. The molecule has 1 fully saturated rings. The van der Waals surface area contributed by atoms with Gasteiger partial charge in [-0.3, -0.25) is 4.79 Å². The van der Waals surface area contributed by atoms with Crippen LogP contribution in [0.4, 0.5) is 23.4 Å². The van der Waals surface area contributed by atoms with E-state index in [0.29, 0.717) is 0 Å². The van der Waals surface area contributed by atoms with Crippen LogP contribution in [-0.4, -0.2) is 32.7 Å². The van der Waals surface area contributed by atoms with Crippen LogP contribution in [0.15, 0.2) is 35.3 Å². The number of nitrogens with one attached hydrogen (secondary N) is 1. The van der Waals surface area contributed by atoms with Crippen molar-refractivity contribution in [2.75, 3.05) is 11.9 Å². The van der Waals surface area contributed by atoms with Crippen molar-refractivity contribution in [2.45, 2.75) is 43.9 Å². The maximum atomic E-state index is 14.0. The van der Waals surface area contributed by atoms with Crippen molar-refractivity contribution >= 4 is 16.7 Å². The molecule has 7 nitrogen and oxygen atoms in total. The Hall–Kier alpha value is -3.21. The summed E-state index contributed by atoms with van der Waals surface area (Å²) in [4.78, 5) is 20.9. The Morgan fingerprint density at radius 1 is 1.25 bits per heavy atom. The van der Waals surface area contributed by atoms with Crippen LogP contribution >= 0.6 is 0 Å². The van der Waals surface area contributed by atoms with Gasteiger partial charge in [-0.25, -0.2) is 18.7 Å². The lowest BCUT2D eigenvalue weighted by molar-refractivity contribution is -0.0215. The number of hydrogen-bond donors (Lipinski definition) is 2. The molecule has 168 valence electrons. The first-order valence-corrected chi connectivity index (χ1v) is 9.91. The van der Waals surface area contributed by atoms with Gasteiger partial charge >= 0.3 is 5.92 Å². The second-order valence-corrected chi connectivity index (χ2v) is 8.07. The summed E-state index contributed by atoms with van der Waals surface area (Å²) in [7, 11) is 0. The molecule has 32 heavy (non-hydrogen) atoms. The van der Waals surface area contributed by atoms with E-state index in [4.69, 9.17) is 4.74 Å². The number of nitrogens with zero attached hydrogens (tertiary/aromatic N) is 3. The summed E-state index contributed by atoms with van der Waals surface area (Å²) in [5.41, 5.74) is -2.23. The number of ether oxygens (including phenoxy) is 1. The molecule has 0 spiro atoms. The molecule has 2 N–H and O–H groups in total. The lowest BCUT2D eigenvalue weighted by atomic mass is 10.0. The minimum absolute atomic E-state index is 0.0705. The maximum Gasteiger partial charge on any atom is 0.310 e. The van der Waals surface area contributed by atoms with Gasteiger partial charge in [0, 0.05) is 17.8 Å². The van der Waals surface area contributed by atoms with Crippen LogP contribution in [-0.2, 0) is 11.5 Å². The second kappa shape index (κ2) is 6.89. The smallest absolute Gasteiger partial charge is 0.310 e. The number of rotatable bonds is 5. The number of aryl methyl sites for hydroxylation is 1. The van der Waals surface area contributed by atoms with Crippen LogP contribution in [0.2, 0.25) is 0 Å². The first kappa shape index (κ1) is 20.7. The van der Waals surface area contributed by atoms with E-state index in [9.17, 15) is 27.5 Å². The molecule has 0 amide bonds. The number of aliphatic hydroxyl groups is 1. The Kier molecular flexibility index (Phi) is 4.45. The van der Waals surface area contributed by atoms with E-state index in [1.54, 1.807) is 6.92 Å². The number of fused-ring (bicyclic) bond motifs is 2. The maximum absolute atomic E-state index is 14.0. The van der Waals surface area contributed by atoms with Crippen molar-refractivity contribution in [1.29, 1.82) is 0 Å². The van der Waals surface area contributed by atoms with Crippen LogP contribution in [0.5, 0.6) is 5.75 Å². The van der Waals surface area contributed by atoms with Crippen LogP contribution in [0.1, 0.15) is 36.0 Å².